The van der Waals surface area contributed by atoms with Crippen LogP contribution in [-0.2, 0) is 11.2 Å². The first-order valence-corrected chi connectivity index (χ1v) is 10.1. The van der Waals surface area contributed by atoms with Crippen LogP contribution in [0.3, 0.4) is 0 Å². The minimum atomic E-state index is -0.347. The van der Waals surface area contributed by atoms with Gasteiger partial charge in [-0.2, -0.15) is 0 Å². The molecule has 31 heavy (non-hydrogen) atoms. The molecule has 6 heteroatoms. The summed E-state index contributed by atoms with van der Waals surface area (Å²) in [4.78, 5) is 15.0. The van der Waals surface area contributed by atoms with E-state index >= 15 is 0 Å². The van der Waals surface area contributed by atoms with Crippen LogP contribution in [0.25, 0.3) is 0 Å². The molecule has 4 rings (SSSR count). The van der Waals surface area contributed by atoms with Gasteiger partial charge in [0.15, 0.2) is 18.1 Å². The Labute approximate surface area is 181 Å². The maximum atomic E-state index is 13.2. The first kappa shape index (κ1) is 20.7. The number of hydrogen-bond acceptors (Lipinski definition) is 4. The van der Waals surface area contributed by atoms with Crippen molar-refractivity contribution in [3.8, 4) is 17.2 Å². The van der Waals surface area contributed by atoms with Crippen LogP contribution in [-0.4, -0.2) is 38.2 Å². The number of nitrogens with zero attached hydrogens (tertiary/aromatic N) is 1. The molecular formula is C25H24FNO4. The Hall–Kier alpha value is -3.54. The number of fused-ring (bicyclic) bond motifs is 1. The van der Waals surface area contributed by atoms with Crippen molar-refractivity contribution in [2.24, 2.45) is 0 Å². The average molecular weight is 421 g/mol. The predicted octanol–water partition coefficient (Wildman–Crippen LogP) is 4.40. The molecule has 3 aromatic rings. The molecule has 3 aromatic carbocycles. The van der Waals surface area contributed by atoms with Crippen LogP contribution in [0.15, 0.2) is 66.7 Å². The topological polar surface area (TPSA) is 48.0 Å². The predicted molar refractivity (Wildman–Crippen MR) is 115 cm³/mol. The van der Waals surface area contributed by atoms with E-state index in [1.54, 1.807) is 14.2 Å². The van der Waals surface area contributed by atoms with Crippen molar-refractivity contribution in [1.82, 2.24) is 4.90 Å². The van der Waals surface area contributed by atoms with Gasteiger partial charge in [0.25, 0.3) is 5.91 Å². The van der Waals surface area contributed by atoms with Crippen LogP contribution in [0.4, 0.5) is 4.39 Å². The van der Waals surface area contributed by atoms with Crippen molar-refractivity contribution >= 4 is 5.91 Å². The maximum Gasteiger partial charge on any atom is 0.261 e. The van der Waals surface area contributed by atoms with Crippen molar-refractivity contribution in [2.45, 2.75) is 12.5 Å². The molecule has 0 radical (unpaired) electrons. The summed E-state index contributed by atoms with van der Waals surface area (Å²) in [5.74, 6) is 1.26. The van der Waals surface area contributed by atoms with Crippen LogP contribution in [0.5, 0.6) is 17.2 Å². The molecule has 0 N–H and O–H groups in total. The first-order chi connectivity index (χ1) is 15.1. The van der Waals surface area contributed by atoms with Crippen LogP contribution in [0, 0.1) is 5.82 Å². The number of rotatable bonds is 6. The minimum Gasteiger partial charge on any atom is -0.493 e. The van der Waals surface area contributed by atoms with Crippen LogP contribution < -0.4 is 14.2 Å². The second kappa shape index (κ2) is 9.08. The SMILES string of the molecule is COc1cc2c(cc1OC)C(c1ccccc1)N(C(=O)COc1ccc(F)cc1)CC2. The molecule has 1 atom stereocenters. The lowest BCUT2D eigenvalue weighted by molar-refractivity contribution is -0.135. The summed E-state index contributed by atoms with van der Waals surface area (Å²) in [5.41, 5.74) is 3.13. The van der Waals surface area contributed by atoms with Gasteiger partial charge >= 0.3 is 0 Å². The van der Waals surface area contributed by atoms with E-state index in [-0.39, 0.29) is 24.4 Å². The van der Waals surface area contributed by atoms with Gasteiger partial charge in [0.2, 0.25) is 0 Å². The molecule has 1 aliphatic heterocycles. The highest BCUT2D eigenvalue weighted by molar-refractivity contribution is 5.79. The zero-order valence-corrected chi connectivity index (χ0v) is 17.5. The smallest absolute Gasteiger partial charge is 0.261 e. The molecule has 0 aliphatic carbocycles. The lowest BCUT2D eigenvalue weighted by Gasteiger charge is -2.38. The molecule has 0 spiro atoms. The highest BCUT2D eigenvalue weighted by atomic mass is 19.1. The van der Waals surface area contributed by atoms with Gasteiger partial charge in [0.05, 0.1) is 20.3 Å². The number of ether oxygens (including phenoxy) is 3. The molecule has 0 bridgehead atoms. The molecule has 0 aromatic heterocycles. The van der Waals surface area contributed by atoms with Gasteiger partial charge in [-0.05, 0) is 59.5 Å². The molecule has 1 heterocycles. The monoisotopic (exact) mass is 421 g/mol. The van der Waals surface area contributed by atoms with E-state index in [2.05, 4.69) is 0 Å². The van der Waals surface area contributed by atoms with E-state index in [1.165, 1.54) is 24.3 Å². The average Bonchev–Trinajstić information content (AvgIpc) is 2.82. The molecular weight excluding hydrogens is 397 g/mol. The minimum absolute atomic E-state index is 0.127. The standard InChI is InChI=1S/C25H24FNO4/c1-29-22-14-18-12-13-27(24(28)16-31-20-10-8-19(26)9-11-20)25(17-6-4-3-5-7-17)21(18)15-23(22)30-2/h3-11,14-15,25H,12-13,16H2,1-2H3. The second-order valence-electron chi connectivity index (χ2n) is 7.30. The molecule has 5 nitrogen and oxygen atoms in total. The maximum absolute atomic E-state index is 13.2. The summed E-state index contributed by atoms with van der Waals surface area (Å²) in [6, 6.07) is 19.2. The lowest BCUT2D eigenvalue weighted by Crippen LogP contribution is -2.43. The van der Waals surface area contributed by atoms with E-state index in [4.69, 9.17) is 14.2 Å². The van der Waals surface area contributed by atoms with E-state index in [0.29, 0.717) is 30.2 Å². The van der Waals surface area contributed by atoms with Gasteiger partial charge in [0.1, 0.15) is 11.6 Å². The summed E-state index contributed by atoms with van der Waals surface area (Å²) < 4.78 is 29.7. The van der Waals surface area contributed by atoms with Crippen molar-refractivity contribution in [1.29, 1.82) is 0 Å². The van der Waals surface area contributed by atoms with Crippen molar-refractivity contribution < 1.29 is 23.4 Å². The Kier molecular flexibility index (Phi) is 6.07. The molecule has 1 aliphatic rings. The highest BCUT2D eigenvalue weighted by Crippen LogP contribution is 2.41. The molecule has 160 valence electrons. The van der Waals surface area contributed by atoms with Gasteiger partial charge in [-0.25, -0.2) is 4.39 Å². The number of amides is 1. The molecule has 0 saturated heterocycles. The Morgan fingerprint density at radius 2 is 1.68 bits per heavy atom. The van der Waals surface area contributed by atoms with Crippen molar-refractivity contribution in [3.05, 3.63) is 89.2 Å². The van der Waals surface area contributed by atoms with Gasteiger partial charge < -0.3 is 19.1 Å². The van der Waals surface area contributed by atoms with E-state index in [1.807, 2.05) is 47.4 Å². The van der Waals surface area contributed by atoms with Crippen molar-refractivity contribution in [3.63, 3.8) is 0 Å². The second-order valence-corrected chi connectivity index (χ2v) is 7.30. The van der Waals surface area contributed by atoms with E-state index in [0.717, 1.165) is 16.7 Å². The van der Waals surface area contributed by atoms with Gasteiger partial charge in [0, 0.05) is 6.54 Å². The summed E-state index contributed by atoms with van der Waals surface area (Å²) in [6.45, 7) is 0.422. The molecule has 0 fully saturated rings. The van der Waals surface area contributed by atoms with Crippen molar-refractivity contribution in [2.75, 3.05) is 27.4 Å². The van der Waals surface area contributed by atoms with E-state index < -0.39 is 0 Å². The fourth-order valence-electron chi connectivity index (χ4n) is 3.97. The Morgan fingerprint density at radius 1 is 1.00 bits per heavy atom. The summed E-state index contributed by atoms with van der Waals surface area (Å²) in [7, 11) is 3.22. The Balaban J connectivity index is 1.66. The molecule has 1 amide bonds. The van der Waals surface area contributed by atoms with Crippen LogP contribution in [0.2, 0.25) is 0 Å². The Morgan fingerprint density at radius 3 is 2.35 bits per heavy atom. The van der Waals surface area contributed by atoms with Crippen LogP contribution >= 0.6 is 0 Å². The normalized spacial score (nSPS) is 15.2. The number of benzene rings is 3. The zero-order chi connectivity index (χ0) is 21.8. The van der Waals surface area contributed by atoms with Gasteiger partial charge in [-0.1, -0.05) is 30.3 Å². The summed E-state index contributed by atoms with van der Waals surface area (Å²) in [5, 5.41) is 0. The number of halogens is 1. The third-order valence-electron chi connectivity index (χ3n) is 5.49. The largest absolute Gasteiger partial charge is 0.493 e. The molecule has 0 saturated carbocycles. The third kappa shape index (κ3) is 4.33. The number of methoxy groups -OCH3 is 2. The first-order valence-electron chi connectivity index (χ1n) is 10.1. The summed E-state index contributed by atoms with van der Waals surface area (Å²) >= 11 is 0. The number of carbonyl (C=O) groups is 1. The van der Waals surface area contributed by atoms with Gasteiger partial charge in [-0.3, -0.25) is 4.79 Å². The lowest BCUT2D eigenvalue weighted by atomic mass is 9.87. The fraction of sp³-hybridized carbons (Fsp3) is 0.240. The molecule has 1 unspecified atom stereocenters. The van der Waals surface area contributed by atoms with Gasteiger partial charge in [-0.15, -0.1) is 0 Å². The Bertz CT molecular complexity index is 1050. The third-order valence-corrected chi connectivity index (χ3v) is 5.49. The van der Waals surface area contributed by atoms with Crippen LogP contribution in [0.1, 0.15) is 22.7 Å². The number of hydrogen-bond donors (Lipinski definition) is 0. The highest BCUT2D eigenvalue weighted by Gasteiger charge is 2.33. The number of carbonyl (C=O) groups excluding carboxylic acids is 1. The van der Waals surface area contributed by atoms with E-state index in [9.17, 15) is 9.18 Å². The fourth-order valence-corrected chi connectivity index (χ4v) is 3.97. The summed E-state index contributed by atoms with van der Waals surface area (Å²) in [6.07, 6.45) is 0.696. The zero-order valence-electron chi connectivity index (χ0n) is 17.5. The quantitative estimate of drug-likeness (QED) is 0.592.